The SMILES string of the molecule is CC(C)C[C@@H](NC(=O)[C@@H]1CN(S(C)(=O)=O)c2ccccc2O1)c1ccccc1. The van der Waals surface area contributed by atoms with Crippen molar-refractivity contribution in [2.75, 3.05) is 17.1 Å². The minimum absolute atomic E-state index is 0.0507. The third-order valence-electron chi connectivity index (χ3n) is 4.65. The summed E-state index contributed by atoms with van der Waals surface area (Å²) in [5.41, 5.74) is 1.47. The van der Waals surface area contributed by atoms with E-state index in [0.29, 0.717) is 17.4 Å². The number of fused-ring (bicyclic) bond motifs is 1. The second-order valence-electron chi connectivity index (χ2n) is 7.47. The molecule has 28 heavy (non-hydrogen) atoms. The zero-order valence-corrected chi connectivity index (χ0v) is 17.1. The Morgan fingerprint density at radius 2 is 1.79 bits per heavy atom. The maximum absolute atomic E-state index is 13.0. The van der Waals surface area contributed by atoms with Gasteiger partial charge in [0.2, 0.25) is 10.0 Å². The number of ether oxygens (including phenoxy) is 1. The molecule has 0 fully saturated rings. The summed E-state index contributed by atoms with van der Waals surface area (Å²) in [5, 5.41) is 3.05. The minimum Gasteiger partial charge on any atom is -0.476 e. The molecule has 0 aromatic heterocycles. The maximum Gasteiger partial charge on any atom is 0.263 e. The number of benzene rings is 2. The molecular weight excluding hydrogens is 376 g/mol. The Hall–Kier alpha value is -2.54. The first kappa shape index (κ1) is 20.2. The van der Waals surface area contributed by atoms with Gasteiger partial charge in [-0.2, -0.15) is 0 Å². The van der Waals surface area contributed by atoms with Crippen LogP contribution in [0.25, 0.3) is 0 Å². The van der Waals surface area contributed by atoms with Crippen molar-refractivity contribution in [2.45, 2.75) is 32.4 Å². The summed E-state index contributed by atoms with van der Waals surface area (Å²) < 4.78 is 31.6. The van der Waals surface area contributed by atoms with E-state index in [9.17, 15) is 13.2 Å². The molecule has 1 amide bonds. The molecule has 2 atom stereocenters. The van der Waals surface area contributed by atoms with E-state index in [-0.39, 0.29) is 18.5 Å². The Morgan fingerprint density at radius 1 is 1.14 bits per heavy atom. The van der Waals surface area contributed by atoms with E-state index in [2.05, 4.69) is 19.2 Å². The largest absolute Gasteiger partial charge is 0.476 e. The number of hydrogen-bond acceptors (Lipinski definition) is 4. The van der Waals surface area contributed by atoms with Crippen molar-refractivity contribution in [2.24, 2.45) is 5.92 Å². The molecule has 1 aliphatic heterocycles. The minimum atomic E-state index is -3.53. The Kier molecular flexibility index (Phi) is 5.93. The molecule has 3 rings (SSSR count). The van der Waals surface area contributed by atoms with E-state index < -0.39 is 16.1 Å². The van der Waals surface area contributed by atoms with Gasteiger partial charge in [0.25, 0.3) is 5.91 Å². The first-order valence-corrected chi connectivity index (χ1v) is 11.2. The third-order valence-corrected chi connectivity index (χ3v) is 5.80. The summed E-state index contributed by atoms with van der Waals surface area (Å²) in [4.78, 5) is 13.0. The number of anilines is 1. The molecule has 0 aliphatic carbocycles. The van der Waals surface area contributed by atoms with Crippen LogP contribution in [-0.2, 0) is 14.8 Å². The van der Waals surface area contributed by atoms with Crippen LogP contribution in [0.3, 0.4) is 0 Å². The van der Waals surface area contributed by atoms with Crippen LogP contribution < -0.4 is 14.4 Å². The van der Waals surface area contributed by atoms with Gasteiger partial charge in [0, 0.05) is 0 Å². The smallest absolute Gasteiger partial charge is 0.263 e. The number of hydrogen-bond donors (Lipinski definition) is 1. The highest BCUT2D eigenvalue weighted by Gasteiger charge is 2.35. The highest BCUT2D eigenvalue weighted by atomic mass is 32.2. The Morgan fingerprint density at radius 3 is 2.43 bits per heavy atom. The van der Waals surface area contributed by atoms with Gasteiger partial charge in [0.15, 0.2) is 6.10 Å². The van der Waals surface area contributed by atoms with Crippen LogP contribution in [0, 0.1) is 5.92 Å². The third kappa shape index (κ3) is 4.65. The van der Waals surface area contributed by atoms with Crippen molar-refractivity contribution in [1.29, 1.82) is 0 Å². The fourth-order valence-electron chi connectivity index (χ4n) is 3.35. The van der Waals surface area contributed by atoms with Crippen LogP contribution in [0.15, 0.2) is 54.6 Å². The van der Waals surface area contributed by atoms with E-state index in [1.165, 1.54) is 4.31 Å². The lowest BCUT2D eigenvalue weighted by molar-refractivity contribution is -0.128. The molecule has 150 valence electrons. The number of sulfonamides is 1. The van der Waals surface area contributed by atoms with Crippen LogP contribution in [-0.4, -0.2) is 33.2 Å². The van der Waals surface area contributed by atoms with Crippen LogP contribution >= 0.6 is 0 Å². The Balaban J connectivity index is 1.83. The highest BCUT2D eigenvalue weighted by molar-refractivity contribution is 7.92. The summed E-state index contributed by atoms with van der Waals surface area (Å²) in [6.07, 6.45) is 0.993. The summed E-state index contributed by atoms with van der Waals surface area (Å²) in [6, 6.07) is 16.5. The van der Waals surface area contributed by atoms with Gasteiger partial charge in [-0.1, -0.05) is 56.3 Å². The average Bonchev–Trinajstić information content (AvgIpc) is 2.66. The van der Waals surface area contributed by atoms with Crippen molar-refractivity contribution in [3.8, 4) is 5.75 Å². The van der Waals surface area contributed by atoms with Gasteiger partial charge >= 0.3 is 0 Å². The number of nitrogens with one attached hydrogen (secondary N) is 1. The van der Waals surface area contributed by atoms with E-state index in [1.54, 1.807) is 24.3 Å². The van der Waals surface area contributed by atoms with Gasteiger partial charge in [-0.3, -0.25) is 9.10 Å². The maximum atomic E-state index is 13.0. The van der Waals surface area contributed by atoms with Gasteiger partial charge in [0.1, 0.15) is 5.75 Å². The fraction of sp³-hybridized carbons (Fsp3) is 0.381. The summed E-state index contributed by atoms with van der Waals surface area (Å²) in [7, 11) is -3.53. The summed E-state index contributed by atoms with van der Waals surface area (Å²) >= 11 is 0. The second kappa shape index (κ2) is 8.22. The molecule has 0 bridgehead atoms. The summed E-state index contributed by atoms with van der Waals surface area (Å²) in [5.74, 6) is 0.447. The van der Waals surface area contributed by atoms with Crippen molar-refractivity contribution >= 4 is 21.6 Å². The Bertz CT molecular complexity index is 928. The lowest BCUT2D eigenvalue weighted by Gasteiger charge is -2.34. The lowest BCUT2D eigenvalue weighted by Crippen LogP contribution is -2.51. The molecule has 0 saturated carbocycles. The number of carbonyl (C=O) groups excluding carboxylic acids is 1. The van der Waals surface area contributed by atoms with Crippen LogP contribution in [0.2, 0.25) is 0 Å². The zero-order valence-electron chi connectivity index (χ0n) is 16.3. The first-order chi connectivity index (χ1) is 13.3. The van der Waals surface area contributed by atoms with Gasteiger partial charge < -0.3 is 10.1 Å². The molecule has 1 N–H and O–H groups in total. The van der Waals surface area contributed by atoms with E-state index in [1.807, 2.05) is 30.3 Å². The highest BCUT2D eigenvalue weighted by Crippen LogP contribution is 2.34. The molecule has 0 spiro atoms. The average molecular weight is 403 g/mol. The monoisotopic (exact) mass is 402 g/mol. The summed E-state index contributed by atoms with van der Waals surface area (Å²) in [6.45, 7) is 4.15. The molecule has 1 aliphatic rings. The number of amides is 1. The standard InChI is InChI=1S/C21H26N2O4S/c1-15(2)13-17(16-9-5-4-6-10-16)22-21(24)20-14-23(28(3,25)26)18-11-7-8-12-19(18)27-20/h4-12,15,17,20H,13-14H2,1-3H3,(H,22,24)/t17-,20+/m1/s1. The van der Waals surface area contributed by atoms with Gasteiger partial charge in [-0.05, 0) is 30.0 Å². The van der Waals surface area contributed by atoms with Crippen molar-refractivity contribution < 1.29 is 17.9 Å². The molecule has 0 unspecified atom stereocenters. The fourth-order valence-corrected chi connectivity index (χ4v) is 4.27. The predicted octanol–water partition coefficient (Wildman–Crippen LogP) is 3.12. The number of para-hydroxylation sites is 2. The molecular formula is C21H26N2O4S. The van der Waals surface area contributed by atoms with E-state index in [0.717, 1.165) is 18.2 Å². The van der Waals surface area contributed by atoms with Crippen LogP contribution in [0.1, 0.15) is 31.9 Å². The first-order valence-electron chi connectivity index (χ1n) is 9.34. The predicted molar refractivity (Wildman–Crippen MR) is 110 cm³/mol. The molecule has 2 aromatic carbocycles. The molecule has 0 radical (unpaired) electrons. The molecule has 0 saturated heterocycles. The quantitative estimate of drug-likeness (QED) is 0.806. The lowest BCUT2D eigenvalue weighted by atomic mass is 9.96. The number of carbonyl (C=O) groups is 1. The van der Waals surface area contributed by atoms with Crippen LogP contribution in [0.5, 0.6) is 5.75 Å². The molecule has 1 heterocycles. The second-order valence-corrected chi connectivity index (χ2v) is 9.38. The van der Waals surface area contributed by atoms with Crippen LogP contribution in [0.4, 0.5) is 5.69 Å². The normalized spacial score (nSPS) is 17.6. The van der Waals surface area contributed by atoms with Gasteiger partial charge in [-0.25, -0.2) is 8.42 Å². The van der Waals surface area contributed by atoms with Crippen molar-refractivity contribution in [3.63, 3.8) is 0 Å². The molecule has 7 heteroatoms. The molecule has 2 aromatic rings. The zero-order chi connectivity index (χ0) is 20.3. The van der Waals surface area contributed by atoms with Crippen molar-refractivity contribution in [1.82, 2.24) is 5.32 Å². The van der Waals surface area contributed by atoms with E-state index >= 15 is 0 Å². The topological polar surface area (TPSA) is 75.7 Å². The Labute approximate surface area is 166 Å². The number of nitrogens with zero attached hydrogens (tertiary/aromatic N) is 1. The van der Waals surface area contributed by atoms with Crippen molar-refractivity contribution in [3.05, 3.63) is 60.2 Å². The van der Waals surface area contributed by atoms with E-state index in [4.69, 9.17) is 4.74 Å². The van der Waals surface area contributed by atoms with Gasteiger partial charge in [0.05, 0.1) is 24.5 Å². The number of rotatable bonds is 6. The molecule has 6 nitrogen and oxygen atoms in total. The van der Waals surface area contributed by atoms with Gasteiger partial charge in [-0.15, -0.1) is 0 Å².